The fraction of sp³-hybridized carbons (Fsp3) is 0.263. The minimum Gasteiger partial charge on any atom is -0.278 e. The molecule has 3 nitrogen and oxygen atoms in total. The third-order valence-electron chi connectivity index (χ3n) is 4.57. The molecule has 6 heteroatoms. The number of halogens is 3. The lowest BCUT2D eigenvalue weighted by Gasteiger charge is -2.30. The normalized spacial score (nSPS) is 20.8. The van der Waals surface area contributed by atoms with Gasteiger partial charge in [0.05, 0.1) is 0 Å². The van der Waals surface area contributed by atoms with Crippen molar-refractivity contribution in [2.75, 3.05) is 6.54 Å². The second-order valence-electron chi connectivity index (χ2n) is 6.12. The summed E-state index contributed by atoms with van der Waals surface area (Å²) in [4.78, 5) is 25.9. The molecule has 1 saturated heterocycles. The predicted octanol–water partition coefficient (Wildman–Crippen LogP) is 3.85. The maximum Gasteiger partial charge on any atom is 0.403 e. The van der Waals surface area contributed by atoms with Crippen LogP contribution in [0.3, 0.4) is 0 Å². The molecular formula is C19H16F3NO2. The molecule has 2 aromatic carbocycles. The molecule has 0 bridgehead atoms. The quantitative estimate of drug-likeness (QED) is 0.791. The van der Waals surface area contributed by atoms with Gasteiger partial charge in [0.15, 0.2) is 5.41 Å². The highest BCUT2D eigenvalue weighted by Gasteiger charge is 2.64. The zero-order valence-corrected chi connectivity index (χ0v) is 13.3. The Kier molecular flexibility index (Phi) is 4.37. The van der Waals surface area contributed by atoms with Crippen molar-refractivity contribution in [2.45, 2.75) is 19.0 Å². The maximum absolute atomic E-state index is 13.8. The summed E-state index contributed by atoms with van der Waals surface area (Å²) in [5, 5.41) is 0. The average Bonchev–Trinajstić information content (AvgIpc) is 2.93. The number of hydrogen-bond acceptors (Lipinski definition) is 2. The van der Waals surface area contributed by atoms with E-state index in [4.69, 9.17) is 0 Å². The lowest BCUT2D eigenvalue weighted by molar-refractivity contribution is -0.218. The molecule has 1 aliphatic heterocycles. The molecule has 0 spiro atoms. The fourth-order valence-electron chi connectivity index (χ4n) is 3.17. The molecule has 3 rings (SSSR count). The van der Waals surface area contributed by atoms with Gasteiger partial charge in [0.1, 0.15) is 0 Å². The van der Waals surface area contributed by atoms with E-state index in [2.05, 4.69) is 0 Å². The molecule has 0 radical (unpaired) electrons. The second kappa shape index (κ2) is 6.35. The first-order valence-electron chi connectivity index (χ1n) is 7.87. The molecule has 1 unspecified atom stereocenters. The van der Waals surface area contributed by atoms with Crippen molar-refractivity contribution in [2.24, 2.45) is 5.41 Å². The lowest BCUT2D eigenvalue weighted by Crippen LogP contribution is -2.48. The van der Waals surface area contributed by atoms with Crippen LogP contribution in [0.2, 0.25) is 0 Å². The van der Waals surface area contributed by atoms with Crippen LogP contribution in [-0.4, -0.2) is 29.4 Å². The Morgan fingerprint density at radius 3 is 2.12 bits per heavy atom. The Morgan fingerprint density at radius 1 is 1.00 bits per heavy atom. The van der Waals surface area contributed by atoms with Crippen molar-refractivity contribution < 1.29 is 22.8 Å². The SMILES string of the molecule is O=C(c1ccccc1)N1CCC(Cc2ccccc2)(C(F)(F)F)C1=O. The Labute approximate surface area is 143 Å². The van der Waals surface area contributed by atoms with Crippen LogP contribution in [0.15, 0.2) is 60.7 Å². The van der Waals surface area contributed by atoms with Gasteiger partial charge >= 0.3 is 6.18 Å². The first-order valence-corrected chi connectivity index (χ1v) is 7.87. The third kappa shape index (κ3) is 3.04. The van der Waals surface area contributed by atoms with E-state index in [1.165, 1.54) is 12.1 Å². The lowest BCUT2D eigenvalue weighted by atomic mass is 9.79. The molecule has 0 saturated carbocycles. The van der Waals surface area contributed by atoms with Crippen LogP contribution < -0.4 is 0 Å². The van der Waals surface area contributed by atoms with Gasteiger partial charge in [-0.1, -0.05) is 48.5 Å². The van der Waals surface area contributed by atoms with Gasteiger partial charge in [-0.05, 0) is 30.5 Å². The number of rotatable bonds is 3. The highest BCUT2D eigenvalue weighted by atomic mass is 19.4. The van der Waals surface area contributed by atoms with Crippen molar-refractivity contribution in [3.8, 4) is 0 Å². The van der Waals surface area contributed by atoms with Crippen LogP contribution in [-0.2, 0) is 11.2 Å². The number of carbonyl (C=O) groups excluding carboxylic acids is 2. The minimum atomic E-state index is -4.73. The van der Waals surface area contributed by atoms with Gasteiger partial charge in [-0.2, -0.15) is 13.2 Å². The number of alkyl halides is 3. The van der Waals surface area contributed by atoms with E-state index in [-0.39, 0.29) is 12.1 Å². The molecule has 2 amide bonds. The summed E-state index contributed by atoms with van der Waals surface area (Å²) in [7, 11) is 0. The van der Waals surface area contributed by atoms with Gasteiger partial charge in [-0.15, -0.1) is 0 Å². The van der Waals surface area contributed by atoms with E-state index in [0.717, 1.165) is 4.90 Å². The van der Waals surface area contributed by atoms with Crippen LogP contribution in [0.1, 0.15) is 22.3 Å². The van der Waals surface area contributed by atoms with Crippen LogP contribution in [0, 0.1) is 5.41 Å². The smallest absolute Gasteiger partial charge is 0.278 e. The van der Waals surface area contributed by atoms with Crippen LogP contribution in [0.5, 0.6) is 0 Å². The van der Waals surface area contributed by atoms with Gasteiger partial charge in [-0.3, -0.25) is 14.5 Å². The van der Waals surface area contributed by atoms with Crippen molar-refractivity contribution in [1.82, 2.24) is 4.90 Å². The summed E-state index contributed by atoms with van der Waals surface area (Å²) >= 11 is 0. The Bertz CT molecular complexity index is 774. The summed E-state index contributed by atoms with van der Waals surface area (Å²) in [6.45, 7) is -0.237. The van der Waals surface area contributed by atoms with Crippen LogP contribution >= 0.6 is 0 Å². The standard InChI is InChI=1S/C19H16F3NO2/c20-19(21,22)18(13-14-7-3-1-4-8-14)11-12-23(17(18)25)16(24)15-9-5-2-6-10-15/h1-10H,11-13H2. The van der Waals surface area contributed by atoms with Gasteiger partial charge in [0, 0.05) is 12.1 Å². The van der Waals surface area contributed by atoms with Crippen molar-refractivity contribution in [3.05, 3.63) is 71.8 Å². The zero-order valence-electron chi connectivity index (χ0n) is 13.3. The van der Waals surface area contributed by atoms with Crippen LogP contribution in [0.4, 0.5) is 13.2 Å². The van der Waals surface area contributed by atoms with Gasteiger partial charge in [-0.25, -0.2) is 0 Å². The Hall–Kier alpha value is -2.63. The van der Waals surface area contributed by atoms with E-state index >= 15 is 0 Å². The Balaban J connectivity index is 1.93. The van der Waals surface area contributed by atoms with E-state index in [1.807, 2.05) is 0 Å². The predicted molar refractivity (Wildman–Crippen MR) is 85.7 cm³/mol. The Morgan fingerprint density at radius 2 is 1.56 bits per heavy atom. The van der Waals surface area contributed by atoms with Crippen LogP contribution in [0.25, 0.3) is 0 Å². The van der Waals surface area contributed by atoms with Gasteiger partial charge in [0.2, 0.25) is 5.91 Å². The summed E-state index contributed by atoms with van der Waals surface area (Å²) in [5.74, 6) is -1.86. The molecule has 2 aromatic rings. The molecule has 1 atom stereocenters. The summed E-state index contributed by atoms with van der Waals surface area (Å²) in [6.07, 6.45) is -5.62. The number of amides is 2. The fourth-order valence-corrected chi connectivity index (χ4v) is 3.17. The average molecular weight is 347 g/mol. The third-order valence-corrected chi connectivity index (χ3v) is 4.57. The zero-order chi connectivity index (χ0) is 18.1. The number of imide groups is 1. The second-order valence-corrected chi connectivity index (χ2v) is 6.12. The minimum absolute atomic E-state index is 0.202. The monoisotopic (exact) mass is 347 g/mol. The molecule has 0 aromatic heterocycles. The molecular weight excluding hydrogens is 331 g/mol. The number of carbonyl (C=O) groups is 2. The molecule has 1 aliphatic rings. The summed E-state index contributed by atoms with van der Waals surface area (Å²) in [6, 6.07) is 16.0. The van der Waals surface area contributed by atoms with Crippen molar-refractivity contribution in [3.63, 3.8) is 0 Å². The maximum atomic E-state index is 13.8. The highest BCUT2D eigenvalue weighted by Crippen LogP contribution is 2.49. The molecule has 1 heterocycles. The van der Waals surface area contributed by atoms with E-state index in [0.29, 0.717) is 5.56 Å². The first-order chi connectivity index (χ1) is 11.8. The molecule has 25 heavy (non-hydrogen) atoms. The topological polar surface area (TPSA) is 37.4 Å². The number of likely N-dealkylation sites (tertiary alicyclic amines) is 1. The van der Waals surface area contributed by atoms with E-state index in [1.54, 1.807) is 48.5 Å². The van der Waals surface area contributed by atoms with E-state index < -0.39 is 36.2 Å². The van der Waals surface area contributed by atoms with E-state index in [9.17, 15) is 22.8 Å². The van der Waals surface area contributed by atoms with Crippen molar-refractivity contribution >= 4 is 11.8 Å². The number of nitrogens with zero attached hydrogens (tertiary/aromatic N) is 1. The molecule has 0 aliphatic carbocycles. The number of benzene rings is 2. The number of hydrogen-bond donors (Lipinski definition) is 0. The summed E-state index contributed by atoms with van der Waals surface area (Å²) < 4.78 is 41.5. The largest absolute Gasteiger partial charge is 0.403 e. The van der Waals surface area contributed by atoms with Gasteiger partial charge in [0.25, 0.3) is 5.91 Å². The molecule has 1 fully saturated rings. The van der Waals surface area contributed by atoms with Gasteiger partial charge < -0.3 is 0 Å². The molecule has 130 valence electrons. The molecule has 0 N–H and O–H groups in total. The van der Waals surface area contributed by atoms with Crippen molar-refractivity contribution in [1.29, 1.82) is 0 Å². The highest BCUT2D eigenvalue weighted by molar-refractivity contribution is 6.07. The first kappa shape index (κ1) is 17.2. The summed E-state index contributed by atoms with van der Waals surface area (Å²) in [5.41, 5.74) is -1.94.